The number of halogens is 11. The number of carbonyl (C=O) groups is 3. The average molecular weight is 949 g/mol. The van der Waals surface area contributed by atoms with Gasteiger partial charge in [-0.2, -0.15) is 26.3 Å². The van der Waals surface area contributed by atoms with E-state index in [4.69, 9.17) is 4.74 Å². The number of esters is 1. The fraction of sp³-hybridized carbons (Fsp3) is 0.273. The predicted octanol–water partition coefficient (Wildman–Crippen LogP) is 8.39. The molecule has 0 spiro atoms. The van der Waals surface area contributed by atoms with Gasteiger partial charge in [0, 0.05) is 51.2 Å². The second-order valence-electron chi connectivity index (χ2n) is 10.4. The number of hydrogen-bond acceptors (Lipinski definition) is 8. The fourth-order valence-electron chi connectivity index (χ4n) is 4.04. The second-order valence-corrected chi connectivity index (χ2v) is 13.1. The molecule has 9 nitrogen and oxygen atoms in total. The number of nitrogens with zero attached hydrogens (tertiary/aromatic N) is 4. The molecule has 53 heavy (non-hydrogen) atoms. The van der Waals surface area contributed by atoms with Crippen LogP contribution in [0.5, 0.6) is 0 Å². The zero-order chi connectivity index (χ0) is 39.6. The normalized spacial score (nSPS) is 13.2. The minimum atomic E-state index is -4.00. The first kappa shape index (κ1) is 43.5. The molecule has 1 fully saturated rings. The monoisotopic (exact) mass is 946 g/mol. The number of pyridine rings is 3. The van der Waals surface area contributed by atoms with Gasteiger partial charge in [0.05, 0.1) is 25.4 Å². The standard InChI is InChI=1S/C13H6BrF4NO.C11H11BrF2N2O2.C9H8BrF2NO2/c14-7-1-4-11(19-6-7)13(17,18)12(20)9-3-2-8(15)5-10(9)16;12-8-1-2-9(15-7-8)11(13,14)10(17)16-3-5-18-6-4-16;1-2-15-8(14)9(11,12)7-4-3-6(10)5-13-7/h1-6H;1-2,7H,3-6H2;3-5H,2H2,1H3. The molecule has 0 unspecified atom stereocenters. The van der Waals surface area contributed by atoms with E-state index in [1.807, 2.05) is 0 Å². The van der Waals surface area contributed by atoms with Crippen LogP contribution in [0.1, 0.15) is 34.4 Å². The first-order valence-electron chi connectivity index (χ1n) is 14.9. The van der Waals surface area contributed by atoms with Crippen molar-refractivity contribution in [3.63, 3.8) is 0 Å². The maximum absolute atomic E-state index is 14.0. The van der Waals surface area contributed by atoms with Gasteiger partial charge in [0.15, 0.2) is 0 Å². The van der Waals surface area contributed by atoms with Crippen LogP contribution in [0, 0.1) is 11.6 Å². The van der Waals surface area contributed by atoms with Crippen LogP contribution in [-0.2, 0) is 36.8 Å². The number of ether oxygens (including phenoxy) is 2. The Kier molecular flexibility index (Phi) is 15.5. The lowest BCUT2D eigenvalue weighted by molar-refractivity contribution is -0.173. The third kappa shape index (κ3) is 11.6. The van der Waals surface area contributed by atoms with Crippen molar-refractivity contribution in [1.82, 2.24) is 19.9 Å². The van der Waals surface area contributed by atoms with E-state index in [0.717, 1.165) is 35.4 Å². The van der Waals surface area contributed by atoms with Crippen LogP contribution < -0.4 is 0 Å². The van der Waals surface area contributed by atoms with Crippen molar-refractivity contribution in [1.29, 1.82) is 0 Å². The summed E-state index contributed by atoms with van der Waals surface area (Å²) in [6, 6.07) is 9.05. The molecule has 0 radical (unpaired) electrons. The van der Waals surface area contributed by atoms with Crippen molar-refractivity contribution >= 4 is 65.4 Å². The Balaban J connectivity index is 0.000000216. The van der Waals surface area contributed by atoms with Crippen LogP contribution in [0.15, 0.2) is 86.6 Å². The molecule has 0 saturated carbocycles. The lowest BCUT2D eigenvalue weighted by atomic mass is 10.0. The highest BCUT2D eigenvalue weighted by Crippen LogP contribution is 2.33. The number of ketones is 1. The third-order valence-electron chi connectivity index (χ3n) is 6.71. The van der Waals surface area contributed by atoms with Gasteiger partial charge >= 0.3 is 23.7 Å². The van der Waals surface area contributed by atoms with Crippen molar-refractivity contribution in [2.45, 2.75) is 24.7 Å². The lowest BCUT2D eigenvalue weighted by Gasteiger charge is -2.29. The van der Waals surface area contributed by atoms with Crippen LogP contribution in [0.2, 0.25) is 0 Å². The number of aromatic nitrogens is 3. The van der Waals surface area contributed by atoms with Crippen LogP contribution in [0.4, 0.5) is 35.1 Å². The molecule has 4 aromatic rings. The Morgan fingerprint density at radius 3 is 1.58 bits per heavy atom. The molecule has 0 bridgehead atoms. The smallest absolute Gasteiger partial charge is 0.384 e. The minimum Gasteiger partial charge on any atom is -0.461 e. The second kappa shape index (κ2) is 18.9. The van der Waals surface area contributed by atoms with E-state index < -0.39 is 69.7 Å². The van der Waals surface area contributed by atoms with Gasteiger partial charge in [0.1, 0.15) is 28.7 Å². The molecule has 1 aromatic carbocycles. The summed E-state index contributed by atoms with van der Waals surface area (Å²) in [6.07, 6.45) is 3.54. The topological polar surface area (TPSA) is 112 Å². The maximum Gasteiger partial charge on any atom is 0.384 e. The van der Waals surface area contributed by atoms with Gasteiger partial charge in [0.2, 0.25) is 5.78 Å². The summed E-state index contributed by atoms with van der Waals surface area (Å²) in [4.78, 5) is 46.0. The van der Waals surface area contributed by atoms with Gasteiger partial charge in [-0.3, -0.25) is 24.5 Å². The molecule has 0 aliphatic carbocycles. The van der Waals surface area contributed by atoms with Crippen molar-refractivity contribution in [3.05, 3.63) is 121 Å². The van der Waals surface area contributed by atoms with Gasteiger partial charge < -0.3 is 14.4 Å². The van der Waals surface area contributed by atoms with Gasteiger partial charge in [-0.1, -0.05) is 0 Å². The van der Waals surface area contributed by atoms with Crippen LogP contribution in [0.3, 0.4) is 0 Å². The highest BCUT2D eigenvalue weighted by atomic mass is 79.9. The van der Waals surface area contributed by atoms with E-state index in [-0.39, 0.29) is 32.9 Å². The summed E-state index contributed by atoms with van der Waals surface area (Å²) < 4.78 is 119. The molecule has 1 aliphatic heterocycles. The molecule has 1 saturated heterocycles. The summed E-state index contributed by atoms with van der Waals surface area (Å²) in [5.74, 6) is -18.2. The van der Waals surface area contributed by atoms with E-state index in [1.54, 1.807) is 0 Å². The molecular weight excluding hydrogens is 924 g/mol. The summed E-state index contributed by atoms with van der Waals surface area (Å²) in [5.41, 5.74) is -2.86. The van der Waals surface area contributed by atoms with Gasteiger partial charge in [-0.25, -0.2) is 13.6 Å². The average Bonchev–Trinajstić information content (AvgIpc) is 3.12. The maximum atomic E-state index is 14.0. The van der Waals surface area contributed by atoms with Crippen molar-refractivity contribution < 1.29 is 59.0 Å². The van der Waals surface area contributed by atoms with Crippen LogP contribution in [0.25, 0.3) is 0 Å². The third-order valence-corrected chi connectivity index (χ3v) is 8.11. The number of Topliss-reactive ketones (excluding diaryl/α,β-unsaturated/α-hetero) is 1. The highest BCUT2D eigenvalue weighted by molar-refractivity contribution is 9.11. The fourth-order valence-corrected chi connectivity index (χ4v) is 4.75. The quantitative estimate of drug-likeness (QED) is 0.0985. The molecule has 1 amide bonds. The number of amides is 1. The molecule has 4 heterocycles. The number of alkyl halides is 6. The van der Waals surface area contributed by atoms with E-state index >= 15 is 0 Å². The Hall–Kier alpha value is -3.88. The van der Waals surface area contributed by atoms with Crippen molar-refractivity contribution in [3.8, 4) is 0 Å². The lowest BCUT2D eigenvalue weighted by Crippen LogP contribution is -2.47. The number of rotatable bonds is 8. The van der Waals surface area contributed by atoms with Gasteiger partial charge in [0.25, 0.3) is 5.91 Å². The first-order valence-corrected chi connectivity index (χ1v) is 17.2. The van der Waals surface area contributed by atoms with Crippen LogP contribution in [-0.4, -0.2) is 70.4 Å². The summed E-state index contributed by atoms with van der Waals surface area (Å²) in [6.45, 7) is 2.31. The molecule has 0 atom stereocenters. The first-order chi connectivity index (χ1) is 24.8. The number of hydrogen-bond donors (Lipinski definition) is 0. The Labute approximate surface area is 321 Å². The Morgan fingerprint density at radius 1 is 0.717 bits per heavy atom. The minimum absolute atomic E-state index is 0.0923. The highest BCUT2D eigenvalue weighted by Gasteiger charge is 2.46. The summed E-state index contributed by atoms with van der Waals surface area (Å²) in [5, 5.41) is 0. The molecule has 1 aliphatic rings. The van der Waals surface area contributed by atoms with E-state index in [1.165, 1.54) is 37.5 Å². The summed E-state index contributed by atoms with van der Waals surface area (Å²) >= 11 is 9.18. The number of benzene rings is 1. The molecule has 0 N–H and O–H groups in total. The van der Waals surface area contributed by atoms with E-state index in [9.17, 15) is 49.5 Å². The molecule has 5 rings (SSSR count). The molecule has 20 heteroatoms. The van der Waals surface area contributed by atoms with Crippen LogP contribution >= 0.6 is 47.8 Å². The van der Waals surface area contributed by atoms with Crippen molar-refractivity contribution in [2.75, 3.05) is 32.9 Å². The SMILES string of the molecule is CCOC(=O)C(F)(F)c1ccc(Br)cn1.O=C(N1CCOCC1)C(F)(F)c1ccc(Br)cn1.O=C(c1ccc(F)cc1F)C(F)(F)c1ccc(Br)cn1. The molecule has 3 aromatic heterocycles. The molecular formula is C33H25Br3F8N4O5. The molecule has 284 valence electrons. The van der Waals surface area contributed by atoms with E-state index in [2.05, 4.69) is 67.5 Å². The number of morpholine rings is 1. The largest absolute Gasteiger partial charge is 0.461 e. The van der Waals surface area contributed by atoms with Crippen molar-refractivity contribution in [2.24, 2.45) is 0 Å². The Bertz CT molecular complexity index is 1870. The predicted molar refractivity (Wildman–Crippen MR) is 182 cm³/mol. The van der Waals surface area contributed by atoms with Gasteiger partial charge in [-0.05, 0) is 103 Å². The zero-order valence-corrected chi connectivity index (χ0v) is 31.7. The van der Waals surface area contributed by atoms with Gasteiger partial charge in [-0.15, -0.1) is 0 Å². The summed E-state index contributed by atoms with van der Waals surface area (Å²) in [7, 11) is 0. The Morgan fingerprint density at radius 2 is 1.17 bits per heavy atom. The zero-order valence-electron chi connectivity index (χ0n) is 27.0. The van der Waals surface area contributed by atoms with E-state index in [0.29, 0.717) is 25.6 Å². The number of carbonyl (C=O) groups excluding carboxylic acids is 3.